The first-order valence-corrected chi connectivity index (χ1v) is 6.68. The van der Waals surface area contributed by atoms with Gasteiger partial charge < -0.3 is 9.47 Å². The van der Waals surface area contributed by atoms with E-state index in [1.807, 2.05) is 27.7 Å². The number of allylic oxidation sites excluding steroid dienone is 1. The second-order valence-electron chi connectivity index (χ2n) is 5.58. The highest BCUT2D eigenvalue weighted by atomic mass is 16.6. The maximum Gasteiger partial charge on any atom is 0.310 e. The minimum Gasteiger partial charge on any atom is -0.469 e. The first-order valence-electron chi connectivity index (χ1n) is 6.68. The Kier molecular flexibility index (Phi) is 7.42. The van der Waals surface area contributed by atoms with E-state index in [2.05, 4.69) is 6.58 Å². The van der Waals surface area contributed by atoms with Gasteiger partial charge >= 0.3 is 11.9 Å². The molecule has 110 valence electrons. The van der Waals surface area contributed by atoms with Crippen molar-refractivity contribution in [2.45, 2.75) is 52.6 Å². The minimum absolute atomic E-state index is 0.341. The van der Waals surface area contributed by atoms with E-state index in [-0.39, 0.29) is 11.9 Å². The van der Waals surface area contributed by atoms with Gasteiger partial charge in [0.05, 0.1) is 18.9 Å². The Hall–Kier alpha value is -1.32. The lowest BCUT2D eigenvalue weighted by molar-refractivity contribution is -0.167. The normalized spacial score (nSPS) is 14.4. The zero-order chi connectivity index (χ0) is 15.1. The summed E-state index contributed by atoms with van der Waals surface area (Å²) in [5.74, 6) is -1.72. The number of carbonyl (C=O) groups excluding carboxylic acids is 2. The topological polar surface area (TPSA) is 52.6 Å². The van der Waals surface area contributed by atoms with Crippen LogP contribution in [-0.4, -0.2) is 24.6 Å². The van der Waals surface area contributed by atoms with Crippen molar-refractivity contribution in [1.29, 1.82) is 0 Å². The lowest BCUT2D eigenvalue weighted by atomic mass is 9.86. The molecule has 0 saturated carbocycles. The average molecular weight is 270 g/mol. The Morgan fingerprint density at radius 2 is 1.79 bits per heavy atom. The van der Waals surface area contributed by atoms with Crippen molar-refractivity contribution < 1.29 is 19.1 Å². The molecule has 4 nitrogen and oxygen atoms in total. The summed E-state index contributed by atoms with van der Waals surface area (Å²) in [6, 6.07) is 0. The molecule has 0 spiro atoms. The molecule has 0 N–H and O–H groups in total. The van der Waals surface area contributed by atoms with Crippen molar-refractivity contribution in [3.63, 3.8) is 0 Å². The first-order chi connectivity index (χ1) is 8.76. The first kappa shape index (κ1) is 17.7. The summed E-state index contributed by atoms with van der Waals surface area (Å²) >= 11 is 0. The molecule has 0 bridgehead atoms. The second kappa shape index (κ2) is 7.97. The molecule has 0 aromatic heterocycles. The number of rotatable bonds is 7. The molecule has 0 aliphatic rings. The van der Waals surface area contributed by atoms with Gasteiger partial charge in [0, 0.05) is 0 Å². The highest BCUT2D eigenvalue weighted by Gasteiger charge is 2.35. The van der Waals surface area contributed by atoms with Crippen molar-refractivity contribution in [3.05, 3.63) is 12.7 Å². The van der Waals surface area contributed by atoms with Crippen LogP contribution in [0.4, 0.5) is 0 Å². The Balaban J connectivity index is 5.06. The molecule has 0 radical (unpaired) electrons. The molecule has 1 unspecified atom stereocenters. The summed E-state index contributed by atoms with van der Waals surface area (Å²) in [5, 5.41) is 0. The molecule has 2 atom stereocenters. The molecule has 0 aliphatic carbocycles. The van der Waals surface area contributed by atoms with E-state index in [9.17, 15) is 9.59 Å². The van der Waals surface area contributed by atoms with Gasteiger partial charge in [0.2, 0.25) is 0 Å². The molecular weight excluding hydrogens is 244 g/mol. The predicted molar refractivity (Wildman–Crippen MR) is 74.6 cm³/mol. The van der Waals surface area contributed by atoms with Gasteiger partial charge in [-0.2, -0.15) is 0 Å². The van der Waals surface area contributed by atoms with E-state index in [1.54, 1.807) is 6.08 Å². The third-order valence-electron chi connectivity index (χ3n) is 2.72. The van der Waals surface area contributed by atoms with E-state index in [1.165, 1.54) is 7.11 Å². The van der Waals surface area contributed by atoms with Crippen LogP contribution < -0.4 is 0 Å². The molecular formula is C15H26O4. The van der Waals surface area contributed by atoms with Crippen molar-refractivity contribution in [2.24, 2.45) is 11.8 Å². The van der Waals surface area contributed by atoms with Gasteiger partial charge in [-0.1, -0.05) is 19.4 Å². The summed E-state index contributed by atoms with van der Waals surface area (Å²) < 4.78 is 10.2. The zero-order valence-corrected chi connectivity index (χ0v) is 12.7. The lowest BCUT2D eigenvalue weighted by Gasteiger charge is -2.27. The zero-order valence-electron chi connectivity index (χ0n) is 12.7. The summed E-state index contributed by atoms with van der Waals surface area (Å²) in [6.07, 6.45) is 3.45. The molecule has 0 fully saturated rings. The van der Waals surface area contributed by atoms with Gasteiger partial charge in [-0.15, -0.1) is 6.58 Å². The van der Waals surface area contributed by atoms with E-state index in [4.69, 9.17) is 9.47 Å². The van der Waals surface area contributed by atoms with Crippen LogP contribution in [0, 0.1) is 11.8 Å². The molecule has 0 amide bonds. The van der Waals surface area contributed by atoms with E-state index >= 15 is 0 Å². The van der Waals surface area contributed by atoms with Crippen LogP contribution in [0.2, 0.25) is 0 Å². The predicted octanol–water partition coefficient (Wildman–Crippen LogP) is 3.11. The Bertz CT molecular complexity index is 315. The quantitative estimate of drug-likeness (QED) is 0.527. The summed E-state index contributed by atoms with van der Waals surface area (Å²) in [4.78, 5) is 24.0. The van der Waals surface area contributed by atoms with Crippen molar-refractivity contribution >= 4 is 11.9 Å². The molecule has 0 heterocycles. The number of hydrogen-bond donors (Lipinski definition) is 0. The fourth-order valence-electron chi connectivity index (χ4n) is 1.93. The Labute approximate surface area is 116 Å². The summed E-state index contributed by atoms with van der Waals surface area (Å²) in [6.45, 7) is 11.0. The number of esters is 2. The molecule has 0 aromatic carbocycles. The number of carbonyl (C=O) groups is 2. The Morgan fingerprint density at radius 3 is 2.16 bits per heavy atom. The van der Waals surface area contributed by atoms with Crippen LogP contribution in [0.5, 0.6) is 0 Å². The third kappa shape index (κ3) is 6.41. The van der Waals surface area contributed by atoms with Crippen molar-refractivity contribution in [1.82, 2.24) is 0 Å². The fraction of sp³-hybridized carbons (Fsp3) is 0.733. The highest BCUT2D eigenvalue weighted by molar-refractivity contribution is 5.82. The maximum atomic E-state index is 12.2. The summed E-state index contributed by atoms with van der Waals surface area (Å²) in [7, 11) is 1.33. The SMILES string of the molecule is C=CC[C@@H](C(=O)OC)C(CCC)C(=O)OC(C)(C)C. The number of hydrogen-bond acceptors (Lipinski definition) is 4. The van der Waals surface area contributed by atoms with Crippen molar-refractivity contribution in [3.8, 4) is 0 Å². The average Bonchev–Trinajstić information content (AvgIpc) is 2.30. The highest BCUT2D eigenvalue weighted by Crippen LogP contribution is 2.26. The van der Waals surface area contributed by atoms with Crippen LogP contribution in [0.3, 0.4) is 0 Å². The van der Waals surface area contributed by atoms with Crippen LogP contribution in [0.1, 0.15) is 47.0 Å². The van der Waals surface area contributed by atoms with Crippen LogP contribution in [0.25, 0.3) is 0 Å². The monoisotopic (exact) mass is 270 g/mol. The van der Waals surface area contributed by atoms with Crippen LogP contribution in [-0.2, 0) is 19.1 Å². The molecule has 0 aliphatic heterocycles. The van der Waals surface area contributed by atoms with Gasteiger partial charge in [0.1, 0.15) is 5.60 Å². The molecule has 0 rings (SSSR count). The van der Waals surface area contributed by atoms with Crippen LogP contribution >= 0.6 is 0 Å². The smallest absolute Gasteiger partial charge is 0.310 e. The summed E-state index contributed by atoms with van der Waals surface area (Å²) in [5.41, 5.74) is -0.558. The number of methoxy groups -OCH3 is 1. The fourth-order valence-corrected chi connectivity index (χ4v) is 1.93. The maximum absolute atomic E-state index is 12.2. The largest absolute Gasteiger partial charge is 0.469 e. The molecule has 0 aromatic rings. The molecule has 19 heavy (non-hydrogen) atoms. The van der Waals surface area contributed by atoms with E-state index in [0.29, 0.717) is 12.8 Å². The number of ether oxygens (including phenoxy) is 2. The second-order valence-corrected chi connectivity index (χ2v) is 5.58. The van der Waals surface area contributed by atoms with Gasteiger partial charge in [0.25, 0.3) is 0 Å². The van der Waals surface area contributed by atoms with Crippen LogP contribution in [0.15, 0.2) is 12.7 Å². The Morgan fingerprint density at radius 1 is 1.21 bits per heavy atom. The van der Waals surface area contributed by atoms with Crippen molar-refractivity contribution in [2.75, 3.05) is 7.11 Å². The van der Waals surface area contributed by atoms with E-state index < -0.39 is 17.4 Å². The molecule has 4 heteroatoms. The van der Waals surface area contributed by atoms with Gasteiger partial charge in [-0.25, -0.2) is 0 Å². The standard InChI is InChI=1S/C15H26O4/c1-7-9-11(13(16)18-6)12(10-8-2)14(17)19-15(3,4)5/h7,11-12H,1,8-10H2,2-6H3/t11-,12?/m1/s1. The van der Waals surface area contributed by atoms with Gasteiger partial charge in [-0.3, -0.25) is 9.59 Å². The minimum atomic E-state index is -0.558. The van der Waals surface area contributed by atoms with E-state index in [0.717, 1.165) is 6.42 Å². The third-order valence-corrected chi connectivity index (χ3v) is 2.72. The molecule has 0 saturated heterocycles. The van der Waals surface area contributed by atoms with Gasteiger partial charge in [0.15, 0.2) is 0 Å². The van der Waals surface area contributed by atoms with Gasteiger partial charge in [-0.05, 0) is 33.6 Å². The lowest BCUT2D eigenvalue weighted by Crippen LogP contribution is -2.36.